The molecule has 2 aromatic carbocycles. The number of rotatable bonds is 2. The number of anilines is 1. The van der Waals surface area contributed by atoms with E-state index in [1.54, 1.807) is 24.3 Å². The van der Waals surface area contributed by atoms with Crippen LogP contribution in [0.1, 0.15) is 29.2 Å². The van der Waals surface area contributed by atoms with Crippen molar-refractivity contribution in [1.29, 1.82) is 0 Å². The molecule has 0 saturated carbocycles. The van der Waals surface area contributed by atoms with Crippen LogP contribution < -0.4 is 5.32 Å². The molecule has 3 rings (SSSR count). The fourth-order valence-electron chi connectivity index (χ4n) is 2.48. The third kappa shape index (κ3) is 2.71. The highest BCUT2D eigenvalue weighted by Gasteiger charge is 2.19. The van der Waals surface area contributed by atoms with Gasteiger partial charge in [-0.1, -0.05) is 24.3 Å². The van der Waals surface area contributed by atoms with Crippen LogP contribution >= 0.6 is 15.9 Å². The van der Waals surface area contributed by atoms with Crippen LogP contribution in [0, 0.1) is 5.82 Å². The molecule has 1 aliphatic rings. The molecular weight excluding hydrogens is 337 g/mol. The zero-order chi connectivity index (χ0) is 15.0. The van der Waals surface area contributed by atoms with Crippen LogP contribution in [-0.2, 0) is 11.2 Å². The first-order chi connectivity index (χ1) is 10.1. The van der Waals surface area contributed by atoms with E-state index in [0.717, 1.165) is 11.3 Å². The van der Waals surface area contributed by atoms with Gasteiger partial charge in [-0.25, -0.2) is 4.39 Å². The molecule has 1 atom stereocenters. The van der Waals surface area contributed by atoms with E-state index in [1.807, 2.05) is 6.07 Å². The maximum atomic E-state index is 13.6. The van der Waals surface area contributed by atoms with Gasteiger partial charge < -0.3 is 10.4 Å². The molecule has 1 unspecified atom stereocenters. The van der Waals surface area contributed by atoms with E-state index in [1.165, 1.54) is 6.07 Å². The lowest BCUT2D eigenvalue weighted by atomic mass is 9.95. The Hall–Kier alpha value is -1.72. The SMILES string of the molecule is O=C1CCc2cc(C(O)c3cccc(F)c3Br)ccc2N1. The van der Waals surface area contributed by atoms with Gasteiger partial charge in [0.1, 0.15) is 11.9 Å². The summed E-state index contributed by atoms with van der Waals surface area (Å²) in [6.07, 6.45) is 0.167. The Kier molecular flexibility index (Phi) is 3.78. The molecule has 0 bridgehead atoms. The van der Waals surface area contributed by atoms with Gasteiger partial charge in [0, 0.05) is 17.7 Å². The molecule has 2 aromatic rings. The van der Waals surface area contributed by atoms with Gasteiger partial charge in [-0.15, -0.1) is 0 Å². The van der Waals surface area contributed by atoms with Gasteiger partial charge >= 0.3 is 0 Å². The Morgan fingerprint density at radius 3 is 2.86 bits per heavy atom. The first kappa shape index (κ1) is 14.2. The Morgan fingerprint density at radius 1 is 1.24 bits per heavy atom. The van der Waals surface area contributed by atoms with Gasteiger partial charge in [0.15, 0.2) is 0 Å². The van der Waals surface area contributed by atoms with Crippen molar-refractivity contribution in [1.82, 2.24) is 0 Å². The standard InChI is InChI=1S/C16H13BrFNO2/c17-15-11(2-1-3-12(15)18)16(21)10-4-6-13-9(8-10)5-7-14(20)19-13/h1-4,6,8,16,21H,5,7H2,(H,19,20). The lowest BCUT2D eigenvalue weighted by molar-refractivity contribution is -0.116. The van der Waals surface area contributed by atoms with Crippen molar-refractivity contribution < 1.29 is 14.3 Å². The van der Waals surface area contributed by atoms with Crippen LogP contribution in [0.3, 0.4) is 0 Å². The molecule has 0 spiro atoms. The average Bonchev–Trinajstić information content (AvgIpc) is 2.49. The van der Waals surface area contributed by atoms with E-state index in [9.17, 15) is 14.3 Å². The largest absolute Gasteiger partial charge is 0.384 e. The highest BCUT2D eigenvalue weighted by Crippen LogP contribution is 2.33. The van der Waals surface area contributed by atoms with Gasteiger partial charge in [0.2, 0.25) is 5.91 Å². The van der Waals surface area contributed by atoms with Crippen LogP contribution in [0.4, 0.5) is 10.1 Å². The number of halogens is 2. The second kappa shape index (κ2) is 5.58. The van der Waals surface area contributed by atoms with Gasteiger partial charge in [0.25, 0.3) is 0 Å². The van der Waals surface area contributed by atoms with Crippen molar-refractivity contribution >= 4 is 27.5 Å². The first-order valence-corrected chi connectivity index (χ1v) is 7.40. The quantitative estimate of drug-likeness (QED) is 0.870. The maximum Gasteiger partial charge on any atom is 0.224 e. The fraction of sp³-hybridized carbons (Fsp3) is 0.188. The molecule has 0 radical (unpaired) electrons. The molecule has 0 fully saturated rings. The summed E-state index contributed by atoms with van der Waals surface area (Å²) in [5, 5.41) is 13.3. The Labute approximate surface area is 129 Å². The van der Waals surface area contributed by atoms with Gasteiger partial charge in [-0.2, -0.15) is 0 Å². The van der Waals surface area contributed by atoms with Crippen LogP contribution in [0.15, 0.2) is 40.9 Å². The number of hydrogen-bond donors (Lipinski definition) is 2. The fourth-order valence-corrected chi connectivity index (χ4v) is 2.97. The third-order valence-electron chi connectivity index (χ3n) is 3.62. The minimum absolute atomic E-state index is 0.00340. The van der Waals surface area contributed by atoms with Crippen LogP contribution in [0.2, 0.25) is 0 Å². The van der Waals surface area contributed by atoms with E-state index in [2.05, 4.69) is 21.2 Å². The summed E-state index contributed by atoms with van der Waals surface area (Å²) in [6.45, 7) is 0. The van der Waals surface area contributed by atoms with Gasteiger partial charge in [0.05, 0.1) is 4.47 Å². The molecule has 108 valence electrons. The predicted molar refractivity (Wildman–Crippen MR) is 81.6 cm³/mol. The molecule has 0 aromatic heterocycles. The summed E-state index contributed by atoms with van der Waals surface area (Å²) in [5.41, 5.74) is 2.92. The first-order valence-electron chi connectivity index (χ1n) is 6.61. The number of hydrogen-bond acceptors (Lipinski definition) is 2. The van der Waals surface area contributed by atoms with Crippen LogP contribution in [-0.4, -0.2) is 11.0 Å². The molecular formula is C16H13BrFNO2. The van der Waals surface area contributed by atoms with Gasteiger partial charge in [-0.3, -0.25) is 4.79 Å². The number of aliphatic hydroxyl groups excluding tert-OH is 1. The number of amides is 1. The Balaban J connectivity index is 1.97. The molecule has 1 heterocycles. The smallest absolute Gasteiger partial charge is 0.224 e. The average molecular weight is 350 g/mol. The minimum Gasteiger partial charge on any atom is -0.384 e. The highest BCUT2D eigenvalue weighted by molar-refractivity contribution is 9.10. The van der Waals surface area contributed by atoms with E-state index in [0.29, 0.717) is 24.0 Å². The zero-order valence-corrected chi connectivity index (χ0v) is 12.7. The van der Waals surface area contributed by atoms with E-state index >= 15 is 0 Å². The molecule has 0 aliphatic carbocycles. The third-order valence-corrected chi connectivity index (χ3v) is 4.45. The molecule has 21 heavy (non-hydrogen) atoms. The monoisotopic (exact) mass is 349 g/mol. The maximum absolute atomic E-state index is 13.6. The summed E-state index contributed by atoms with van der Waals surface area (Å²) in [6, 6.07) is 9.96. The van der Waals surface area contributed by atoms with Crippen LogP contribution in [0.5, 0.6) is 0 Å². The molecule has 0 saturated heterocycles. The second-order valence-corrected chi connectivity index (χ2v) is 5.80. The van der Waals surface area contributed by atoms with Crippen molar-refractivity contribution in [3.63, 3.8) is 0 Å². The molecule has 3 nitrogen and oxygen atoms in total. The van der Waals surface area contributed by atoms with Crippen molar-refractivity contribution in [3.05, 3.63) is 63.4 Å². The number of aryl methyl sites for hydroxylation is 1. The van der Waals surface area contributed by atoms with E-state index in [4.69, 9.17) is 0 Å². The predicted octanol–water partition coefficient (Wildman–Crippen LogP) is 3.55. The van der Waals surface area contributed by atoms with Crippen molar-refractivity contribution in [2.75, 3.05) is 5.32 Å². The van der Waals surface area contributed by atoms with Crippen molar-refractivity contribution in [2.45, 2.75) is 18.9 Å². The highest BCUT2D eigenvalue weighted by atomic mass is 79.9. The summed E-state index contributed by atoms with van der Waals surface area (Å²) >= 11 is 3.17. The molecule has 2 N–H and O–H groups in total. The molecule has 1 aliphatic heterocycles. The summed E-state index contributed by atoms with van der Waals surface area (Å²) in [7, 11) is 0. The zero-order valence-electron chi connectivity index (χ0n) is 11.1. The van der Waals surface area contributed by atoms with Crippen LogP contribution in [0.25, 0.3) is 0 Å². The number of carbonyl (C=O) groups excluding carboxylic acids is 1. The Morgan fingerprint density at radius 2 is 2.05 bits per heavy atom. The summed E-state index contributed by atoms with van der Waals surface area (Å²) in [5.74, 6) is -0.402. The summed E-state index contributed by atoms with van der Waals surface area (Å²) < 4.78 is 13.8. The number of fused-ring (bicyclic) bond motifs is 1. The molecule has 1 amide bonds. The number of benzene rings is 2. The van der Waals surface area contributed by atoms with Gasteiger partial charge in [-0.05, 0) is 45.6 Å². The normalized spacial score (nSPS) is 15.3. The number of aliphatic hydroxyl groups is 1. The van der Waals surface area contributed by atoms with Crippen molar-refractivity contribution in [3.8, 4) is 0 Å². The van der Waals surface area contributed by atoms with E-state index < -0.39 is 11.9 Å². The number of carbonyl (C=O) groups is 1. The molecule has 5 heteroatoms. The Bertz CT molecular complexity index is 717. The lowest BCUT2D eigenvalue weighted by Gasteiger charge is -2.20. The second-order valence-electron chi connectivity index (χ2n) is 5.01. The lowest BCUT2D eigenvalue weighted by Crippen LogP contribution is -2.19. The number of nitrogens with one attached hydrogen (secondary N) is 1. The van der Waals surface area contributed by atoms with Crippen molar-refractivity contribution in [2.24, 2.45) is 0 Å². The minimum atomic E-state index is -0.919. The topological polar surface area (TPSA) is 49.3 Å². The van der Waals surface area contributed by atoms with E-state index in [-0.39, 0.29) is 10.4 Å². The summed E-state index contributed by atoms with van der Waals surface area (Å²) in [4.78, 5) is 11.3.